The van der Waals surface area contributed by atoms with Gasteiger partial charge in [-0.05, 0) is 35.4 Å². The first-order chi connectivity index (χ1) is 10.4. The summed E-state index contributed by atoms with van der Waals surface area (Å²) >= 11 is 0. The zero-order valence-electron chi connectivity index (χ0n) is 11.4. The Balaban J connectivity index is 1.95. The molecule has 4 heteroatoms. The van der Waals surface area contributed by atoms with Gasteiger partial charge in [0.1, 0.15) is 0 Å². The predicted molar refractivity (Wildman–Crippen MR) is 85.4 cm³/mol. The van der Waals surface area contributed by atoms with Crippen LogP contribution in [0.3, 0.4) is 0 Å². The first kappa shape index (κ1) is 13.3. The first-order valence-electron chi connectivity index (χ1n) is 6.70. The van der Waals surface area contributed by atoms with Crippen LogP contribution in [-0.4, -0.2) is 26.9 Å². The zero-order chi connectivity index (χ0) is 14.5. The van der Waals surface area contributed by atoms with E-state index in [9.17, 15) is 0 Å². The van der Waals surface area contributed by atoms with Crippen LogP contribution >= 0.6 is 0 Å². The third-order valence-electron chi connectivity index (χ3n) is 3.15. The van der Waals surface area contributed by atoms with Crippen LogP contribution in [0.15, 0.2) is 48.8 Å². The normalized spacial score (nSPS) is 11.9. The monoisotopic (exact) mass is 277 g/mol. The van der Waals surface area contributed by atoms with E-state index in [-0.39, 0.29) is 6.61 Å². The van der Waals surface area contributed by atoms with Gasteiger partial charge in [0.2, 0.25) is 0 Å². The minimum Gasteiger partial charge on any atom is -0.392 e. The lowest BCUT2D eigenvalue weighted by Crippen LogP contribution is -1.77. The second-order valence-electron chi connectivity index (χ2n) is 4.62. The van der Waals surface area contributed by atoms with Gasteiger partial charge in [-0.1, -0.05) is 30.4 Å². The van der Waals surface area contributed by atoms with Gasteiger partial charge in [0.05, 0.1) is 17.8 Å². The van der Waals surface area contributed by atoms with Crippen LogP contribution in [0.4, 0.5) is 0 Å². The maximum atomic E-state index is 8.84. The van der Waals surface area contributed by atoms with Gasteiger partial charge in [-0.25, -0.2) is 0 Å². The van der Waals surface area contributed by atoms with Crippen LogP contribution in [-0.2, 0) is 0 Å². The lowest BCUT2D eigenvalue weighted by molar-refractivity contribution is 0.343. The summed E-state index contributed by atoms with van der Waals surface area (Å²) in [7, 11) is 0. The molecule has 0 amide bonds. The van der Waals surface area contributed by atoms with Crippen molar-refractivity contribution in [2.45, 2.75) is 0 Å². The molecule has 2 aromatic heterocycles. The van der Waals surface area contributed by atoms with Crippen molar-refractivity contribution in [3.8, 4) is 0 Å². The lowest BCUT2D eigenvalue weighted by Gasteiger charge is -1.95. The molecule has 0 fully saturated rings. The molecule has 0 atom stereocenters. The summed E-state index contributed by atoms with van der Waals surface area (Å²) < 4.78 is 0. The Morgan fingerprint density at radius 3 is 2.86 bits per heavy atom. The lowest BCUT2D eigenvalue weighted by atomic mass is 10.1. The molecule has 21 heavy (non-hydrogen) atoms. The highest BCUT2D eigenvalue weighted by molar-refractivity contribution is 5.90. The number of aromatic nitrogens is 3. The molecule has 0 saturated heterocycles. The molecule has 2 N–H and O–H groups in total. The van der Waals surface area contributed by atoms with Crippen LogP contribution in [0.1, 0.15) is 16.8 Å². The second-order valence-corrected chi connectivity index (χ2v) is 4.62. The van der Waals surface area contributed by atoms with Crippen molar-refractivity contribution in [3.63, 3.8) is 0 Å². The highest BCUT2D eigenvalue weighted by Crippen LogP contribution is 2.20. The van der Waals surface area contributed by atoms with Gasteiger partial charge in [0.25, 0.3) is 0 Å². The number of nitrogens with one attached hydrogen (secondary N) is 1. The molecular weight excluding hydrogens is 262 g/mol. The summed E-state index contributed by atoms with van der Waals surface area (Å²) in [6.07, 6.45) is 11.1. The molecule has 0 aliphatic rings. The van der Waals surface area contributed by atoms with Gasteiger partial charge in [0.15, 0.2) is 0 Å². The molecule has 3 aromatic rings. The number of fused-ring (bicyclic) bond motifs is 1. The average molecular weight is 277 g/mol. The molecule has 2 heterocycles. The minimum absolute atomic E-state index is 0.0389. The standard InChI is InChI=1S/C17H15N3O/c21-10-2-4-13-5-7-16-15(11-13)17(20-19-16)8-6-14-3-1-9-18-12-14/h1-9,11-12,21H,10H2,(H,19,20)/b4-2+,8-6+. The topological polar surface area (TPSA) is 61.8 Å². The van der Waals surface area contributed by atoms with Crippen LogP contribution < -0.4 is 0 Å². The van der Waals surface area contributed by atoms with E-state index in [1.54, 1.807) is 18.5 Å². The zero-order valence-corrected chi connectivity index (χ0v) is 11.4. The largest absolute Gasteiger partial charge is 0.392 e. The molecule has 104 valence electrons. The molecule has 0 unspecified atom stereocenters. The Labute approximate surface area is 122 Å². The van der Waals surface area contributed by atoms with Crippen molar-refractivity contribution in [3.05, 3.63) is 65.6 Å². The number of pyridine rings is 1. The molecule has 0 aliphatic carbocycles. The third-order valence-corrected chi connectivity index (χ3v) is 3.15. The van der Waals surface area contributed by atoms with E-state index in [1.165, 1.54) is 0 Å². The summed E-state index contributed by atoms with van der Waals surface area (Å²) in [5, 5.41) is 17.2. The summed E-state index contributed by atoms with van der Waals surface area (Å²) in [5.41, 5.74) is 3.94. The molecule has 3 rings (SSSR count). The molecule has 0 aliphatic heterocycles. The molecule has 0 spiro atoms. The minimum atomic E-state index is 0.0389. The number of rotatable bonds is 4. The van der Waals surface area contributed by atoms with E-state index in [0.29, 0.717) is 0 Å². The van der Waals surface area contributed by atoms with Crippen LogP contribution in [0.2, 0.25) is 0 Å². The Morgan fingerprint density at radius 2 is 2.05 bits per heavy atom. The number of aromatic amines is 1. The summed E-state index contributed by atoms with van der Waals surface area (Å²) in [4.78, 5) is 4.08. The average Bonchev–Trinajstić information content (AvgIpc) is 2.94. The van der Waals surface area contributed by atoms with Crippen molar-refractivity contribution in [1.82, 2.24) is 15.2 Å². The van der Waals surface area contributed by atoms with E-state index >= 15 is 0 Å². The fourth-order valence-electron chi connectivity index (χ4n) is 2.12. The smallest absolute Gasteiger partial charge is 0.0927 e. The van der Waals surface area contributed by atoms with E-state index in [1.807, 2.05) is 48.6 Å². The highest BCUT2D eigenvalue weighted by Gasteiger charge is 2.03. The Hall–Kier alpha value is -2.72. The number of hydrogen-bond donors (Lipinski definition) is 2. The van der Waals surface area contributed by atoms with Crippen molar-refractivity contribution in [2.75, 3.05) is 6.61 Å². The Morgan fingerprint density at radius 1 is 1.10 bits per heavy atom. The van der Waals surface area contributed by atoms with Gasteiger partial charge < -0.3 is 5.11 Å². The van der Waals surface area contributed by atoms with Gasteiger partial charge in [-0.2, -0.15) is 5.10 Å². The number of benzene rings is 1. The van der Waals surface area contributed by atoms with Gasteiger partial charge >= 0.3 is 0 Å². The number of aliphatic hydroxyl groups excluding tert-OH is 1. The fraction of sp³-hybridized carbons (Fsp3) is 0.0588. The maximum absolute atomic E-state index is 8.84. The predicted octanol–water partition coefficient (Wildman–Crippen LogP) is 3.13. The SMILES string of the molecule is OC/C=C/c1ccc2[nH]nc(/C=C/c3cccnc3)c2c1. The fourth-order valence-corrected chi connectivity index (χ4v) is 2.12. The van der Waals surface area contributed by atoms with Gasteiger partial charge in [0, 0.05) is 17.8 Å². The summed E-state index contributed by atoms with van der Waals surface area (Å²) in [6, 6.07) is 9.92. The van der Waals surface area contributed by atoms with Crippen LogP contribution in [0.5, 0.6) is 0 Å². The van der Waals surface area contributed by atoms with Crippen LogP contribution in [0, 0.1) is 0 Å². The summed E-state index contributed by atoms with van der Waals surface area (Å²) in [5.74, 6) is 0. The van der Waals surface area contributed by atoms with Gasteiger partial charge in [-0.3, -0.25) is 10.1 Å². The molecule has 4 nitrogen and oxygen atoms in total. The summed E-state index contributed by atoms with van der Waals surface area (Å²) in [6.45, 7) is 0.0389. The maximum Gasteiger partial charge on any atom is 0.0927 e. The van der Waals surface area contributed by atoms with Crippen LogP contribution in [0.25, 0.3) is 29.1 Å². The molecule has 1 aromatic carbocycles. The number of nitrogens with zero attached hydrogens (tertiary/aromatic N) is 2. The number of hydrogen-bond acceptors (Lipinski definition) is 3. The first-order valence-corrected chi connectivity index (χ1v) is 6.70. The van der Waals surface area contributed by atoms with Crippen molar-refractivity contribution in [1.29, 1.82) is 0 Å². The van der Waals surface area contributed by atoms with E-state index < -0.39 is 0 Å². The molecular formula is C17H15N3O. The Bertz CT molecular complexity index is 788. The number of H-pyrrole nitrogens is 1. The third kappa shape index (κ3) is 3.07. The molecule has 0 radical (unpaired) electrons. The Kier molecular flexibility index (Phi) is 3.89. The number of aliphatic hydroxyl groups is 1. The molecule has 0 saturated carbocycles. The second kappa shape index (κ2) is 6.15. The van der Waals surface area contributed by atoms with Crippen molar-refractivity contribution >= 4 is 29.1 Å². The van der Waals surface area contributed by atoms with Gasteiger partial charge in [-0.15, -0.1) is 0 Å². The van der Waals surface area contributed by atoms with Crippen molar-refractivity contribution in [2.24, 2.45) is 0 Å². The van der Waals surface area contributed by atoms with E-state index in [4.69, 9.17) is 5.11 Å². The highest BCUT2D eigenvalue weighted by atomic mass is 16.2. The van der Waals surface area contributed by atoms with E-state index in [2.05, 4.69) is 15.2 Å². The van der Waals surface area contributed by atoms with Crippen molar-refractivity contribution < 1.29 is 5.11 Å². The molecule has 0 bridgehead atoms. The van der Waals surface area contributed by atoms with E-state index in [0.717, 1.165) is 27.7 Å². The quantitative estimate of drug-likeness (QED) is 0.770.